The molecule has 0 aliphatic rings. The fraction of sp³-hybridized carbons (Fsp3) is 0.368. The molecule has 0 unspecified atom stereocenters. The van der Waals surface area contributed by atoms with Crippen LogP contribution in [0.15, 0.2) is 53.7 Å². The number of sulfonamides is 1. The number of hydrogen-bond acceptors (Lipinski definition) is 4. The van der Waals surface area contributed by atoms with Gasteiger partial charge in [-0.05, 0) is 41.7 Å². The SMILES string of the molecule is CCc1ccc(S(=O)(=O)N[C@@H](C(=O)NCc2cccnc2)C(C)C)cc1. The summed E-state index contributed by atoms with van der Waals surface area (Å²) >= 11 is 0. The molecule has 0 aliphatic heterocycles. The third-order valence-electron chi connectivity index (χ3n) is 4.06. The molecular formula is C19H25N3O3S. The number of pyridine rings is 1. The summed E-state index contributed by atoms with van der Waals surface area (Å²) in [6, 6.07) is 9.45. The Morgan fingerprint density at radius 1 is 1.12 bits per heavy atom. The van der Waals surface area contributed by atoms with Crippen LogP contribution in [-0.2, 0) is 27.8 Å². The highest BCUT2D eigenvalue weighted by molar-refractivity contribution is 7.89. The van der Waals surface area contributed by atoms with Gasteiger partial charge in [0.1, 0.15) is 6.04 Å². The lowest BCUT2D eigenvalue weighted by Gasteiger charge is -2.21. The van der Waals surface area contributed by atoms with Crippen molar-refractivity contribution in [3.63, 3.8) is 0 Å². The lowest BCUT2D eigenvalue weighted by molar-refractivity contribution is -0.123. The molecule has 0 spiro atoms. The summed E-state index contributed by atoms with van der Waals surface area (Å²) in [6.07, 6.45) is 4.14. The van der Waals surface area contributed by atoms with Gasteiger partial charge in [0.2, 0.25) is 15.9 Å². The smallest absolute Gasteiger partial charge is 0.241 e. The zero-order valence-corrected chi connectivity index (χ0v) is 16.1. The summed E-state index contributed by atoms with van der Waals surface area (Å²) in [6.45, 7) is 5.90. The van der Waals surface area contributed by atoms with Gasteiger partial charge < -0.3 is 5.32 Å². The maximum Gasteiger partial charge on any atom is 0.241 e. The maximum absolute atomic E-state index is 12.6. The summed E-state index contributed by atoms with van der Waals surface area (Å²) in [4.78, 5) is 16.7. The number of aromatic nitrogens is 1. The van der Waals surface area contributed by atoms with Crippen LogP contribution in [0.2, 0.25) is 0 Å². The maximum atomic E-state index is 12.6. The van der Waals surface area contributed by atoms with E-state index in [1.54, 1.807) is 56.6 Å². The quantitative estimate of drug-likeness (QED) is 0.741. The van der Waals surface area contributed by atoms with Crippen LogP contribution in [0.1, 0.15) is 31.9 Å². The molecule has 1 aromatic heterocycles. The van der Waals surface area contributed by atoms with Crippen LogP contribution in [-0.4, -0.2) is 25.4 Å². The Labute approximate surface area is 155 Å². The molecule has 1 heterocycles. The van der Waals surface area contributed by atoms with Crippen LogP contribution in [0, 0.1) is 5.92 Å². The van der Waals surface area contributed by atoms with Crippen LogP contribution in [0.25, 0.3) is 0 Å². The van der Waals surface area contributed by atoms with Crippen LogP contribution < -0.4 is 10.0 Å². The Hall–Kier alpha value is -2.25. The summed E-state index contributed by atoms with van der Waals surface area (Å²) in [5.41, 5.74) is 1.90. The summed E-state index contributed by atoms with van der Waals surface area (Å²) in [5, 5.41) is 2.77. The minimum atomic E-state index is -3.78. The van der Waals surface area contributed by atoms with Crippen molar-refractivity contribution in [1.82, 2.24) is 15.0 Å². The van der Waals surface area contributed by atoms with Gasteiger partial charge in [-0.15, -0.1) is 0 Å². The van der Waals surface area contributed by atoms with Gasteiger partial charge in [-0.25, -0.2) is 8.42 Å². The van der Waals surface area contributed by atoms with Gasteiger partial charge in [0.15, 0.2) is 0 Å². The fourth-order valence-electron chi connectivity index (χ4n) is 2.43. The zero-order valence-electron chi connectivity index (χ0n) is 15.3. The van der Waals surface area contributed by atoms with E-state index >= 15 is 0 Å². The summed E-state index contributed by atoms with van der Waals surface area (Å²) in [5.74, 6) is -0.564. The molecule has 6 nitrogen and oxygen atoms in total. The van der Waals surface area contributed by atoms with Gasteiger partial charge >= 0.3 is 0 Å². The van der Waals surface area contributed by atoms with Crippen LogP contribution in [0.3, 0.4) is 0 Å². The second kappa shape index (κ2) is 8.91. The van der Waals surface area contributed by atoms with E-state index in [9.17, 15) is 13.2 Å². The van der Waals surface area contributed by atoms with Crippen LogP contribution in [0.5, 0.6) is 0 Å². The van der Waals surface area contributed by atoms with Crippen molar-refractivity contribution < 1.29 is 13.2 Å². The highest BCUT2D eigenvalue weighted by Gasteiger charge is 2.28. The molecule has 0 aliphatic carbocycles. The van der Waals surface area contributed by atoms with E-state index in [0.717, 1.165) is 17.5 Å². The molecular weight excluding hydrogens is 350 g/mol. The van der Waals surface area contributed by atoms with E-state index in [1.165, 1.54) is 0 Å². The molecule has 0 fully saturated rings. The van der Waals surface area contributed by atoms with Crippen molar-refractivity contribution in [2.45, 2.75) is 44.7 Å². The molecule has 0 saturated heterocycles. The standard InChI is InChI=1S/C19H25N3O3S/c1-4-15-7-9-17(10-8-15)26(24,25)22-18(14(2)3)19(23)21-13-16-6-5-11-20-12-16/h5-12,14,18,22H,4,13H2,1-3H3,(H,21,23)/t18-/m1/s1. The molecule has 1 atom stereocenters. The minimum Gasteiger partial charge on any atom is -0.351 e. The monoisotopic (exact) mass is 375 g/mol. The lowest BCUT2D eigenvalue weighted by Crippen LogP contribution is -2.49. The van der Waals surface area contributed by atoms with Crippen LogP contribution in [0.4, 0.5) is 0 Å². The number of hydrogen-bond donors (Lipinski definition) is 2. The molecule has 0 radical (unpaired) electrons. The zero-order chi connectivity index (χ0) is 19.2. The predicted octanol–water partition coefficient (Wildman–Crippen LogP) is 2.26. The number of nitrogens with one attached hydrogen (secondary N) is 2. The van der Waals surface area contributed by atoms with E-state index in [2.05, 4.69) is 15.0 Å². The van der Waals surface area contributed by atoms with Crippen molar-refractivity contribution >= 4 is 15.9 Å². The van der Waals surface area contributed by atoms with Gasteiger partial charge in [0.25, 0.3) is 0 Å². The number of aryl methyl sites for hydroxylation is 1. The highest BCUT2D eigenvalue weighted by atomic mass is 32.2. The first-order valence-corrected chi connectivity index (χ1v) is 10.1. The third-order valence-corrected chi connectivity index (χ3v) is 5.52. The number of rotatable bonds is 8. The molecule has 2 aromatic rings. The van der Waals surface area contributed by atoms with Crippen molar-refractivity contribution in [1.29, 1.82) is 0 Å². The van der Waals surface area contributed by atoms with Gasteiger partial charge in [0.05, 0.1) is 4.90 Å². The lowest BCUT2D eigenvalue weighted by atomic mass is 10.0. The first kappa shape index (κ1) is 20.1. The number of carbonyl (C=O) groups excluding carboxylic acids is 1. The van der Waals surface area contributed by atoms with E-state index < -0.39 is 16.1 Å². The van der Waals surface area contributed by atoms with Crippen molar-refractivity contribution in [3.8, 4) is 0 Å². The Bertz CT molecular complexity index is 819. The average molecular weight is 375 g/mol. The highest BCUT2D eigenvalue weighted by Crippen LogP contribution is 2.14. The Balaban J connectivity index is 2.09. The molecule has 2 N–H and O–H groups in total. The number of nitrogens with zero attached hydrogens (tertiary/aromatic N) is 1. The Kier molecular flexibility index (Phi) is 6.88. The number of carbonyl (C=O) groups is 1. The van der Waals surface area contributed by atoms with Crippen molar-refractivity contribution in [3.05, 3.63) is 59.9 Å². The average Bonchev–Trinajstić information content (AvgIpc) is 2.65. The molecule has 2 rings (SSSR count). The summed E-state index contributed by atoms with van der Waals surface area (Å²) in [7, 11) is -3.78. The van der Waals surface area contributed by atoms with Crippen LogP contribution >= 0.6 is 0 Å². The Morgan fingerprint density at radius 2 is 1.81 bits per heavy atom. The minimum absolute atomic E-state index is 0.153. The second-order valence-electron chi connectivity index (χ2n) is 6.42. The first-order valence-electron chi connectivity index (χ1n) is 8.61. The predicted molar refractivity (Wildman–Crippen MR) is 101 cm³/mol. The van der Waals surface area contributed by atoms with Crippen molar-refractivity contribution in [2.24, 2.45) is 5.92 Å². The number of amides is 1. The van der Waals surface area contributed by atoms with E-state index in [-0.39, 0.29) is 16.7 Å². The molecule has 1 amide bonds. The van der Waals surface area contributed by atoms with Gasteiger partial charge in [0, 0.05) is 18.9 Å². The molecule has 1 aromatic carbocycles. The van der Waals surface area contributed by atoms with Crippen molar-refractivity contribution in [2.75, 3.05) is 0 Å². The second-order valence-corrected chi connectivity index (χ2v) is 8.13. The fourth-order valence-corrected chi connectivity index (χ4v) is 3.78. The molecule has 140 valence electrons. The third kappa shape index (κ3) is 5.37. The molecule has 7 heteroatoms. The molecule has 0 bridgehead atoms. The van der Waals surface area contributed by atoms with E-state index in [1.807, 2.05) is 13.0 Å². The first-order chi connectivity index (χ1) is 12.3. The normalized spacial score (nSPS) is 12.8. The Morgan fingerprint density at radius 3 is 2.35 bits per heavy atom. The van der Waals surface area contributed by atoms with Gasteiger partial charge in [-0.3, -0.25) is 9.78 Å². The van der Waals surface area contributed by atoms with Gasteiger partial charge in [-0.2, -0.15) is 4.72 Å². The summed E-state index contributed by atoms with van der Waals surface area (Å²) < 4.78 is 27.8. The number of benzene rings is 1. The molecule has 26 heavy (non-hydrogen) atoms. The van der Waals surface area contributed by atoms with Gasteiger partial charge in [-0.1, -0.05) is 39.0 Å². The van der Waals surface area contributed by atoms with E-state index in [4.69, 9.17) is 0 Å². The largest absolute Gasteiger partial charge is 0.351 e. The topological polar surface area (TPSA) is 88.2 Å². The molecule has 0 saturated carbocycles. The van der Waals surface area contributed by atoms with E-state index in [0.29, 0.717) is 6.54 Å².